The van der Waals surface area contributed by atoms with E-state index < -0.39 is 0 Å². The highest BCUT2D eigenvalue weighted by atomic mass is 35.5. The fourth-order valence-electron chi connectivity index (χ4n) is 1.68. The van der Waals surface area contributed by atoms with Gasteiger partial charge in [-0.3, -0.25) is 0 Å². The molecule has 2 rings (SSSR count). The van der Waals surface area contributed by atoms with E-state index in [0.29, 0.717) is 0 Å². The lowest BCUT2D eigenvalue weighted by Gasteiger charge is -2.13. The second-order valence-electron chi connectivity index (χ2n) is 3.46. The monoisotopic (exact) mass is 237 g/mol. The molecule has 0 spiro atoms. The van der Waals surface area contributed by atoms with Crippen LogP contribution in [0.25, 0.3) is 0 Å². The summed E-state index contributed by atoms with van der Waals surface area (Å²) in [5, 5.41) is 0. The van der Waals surface area contributed by atoms with Crippen molar-refractivity contribution in [2.45, 2.75) is 19.5 Å². The first-order chi connectivity index (χ1) is 7.33. The minimum atomic E-state index is -0.138. The summed E-state index contributed by atoms with van der Waals surface area (Å²) in [6.07, 6.45) is 3.75. The zero-order chi connectivity index (χ0) is 10.7. The maximum atomic E-state index is 6.15. The van der Waals surface area contributed by atoms with E-state index in [0.717, 1.165) is 17.9 Å². The maximum absolute atomic E-state index is 6.15. The van der Waals surface area contributed by atoms with Crippen LogP contribution in [0.15, 0.2) is 42.7 Å². The summed E-state index contributed by atoms with van der Waals surface area (Å²) >= 11 is 0. The van der Waals surface area contributed by atoms with Gasteiger partial charge in [-0.25, -0.2) is 4.98 Å². The van der Waals surface area contributed by atoms with Gasteiger partial charge in [-0.2, -0.15) is 0 Å². The van der Waals surface area contributed by atoms with Gasteiger partial charge in [0, 0.05) is 18.9 Å². The van der Waals surface area contributed by atoms with E-state index in [1.165, 1.54) is 0 Å². The van der Waals surface area contributed by atoms with E-state index >= 15 is 0 Å². The molecule has 1 atom stereocenters. The van der Waals surface area contributed by atoms with Gasteiger partial charge in [0.25, 0.3) is 0 Å². The number of halogens is 1. The smallest absolute Gasteiger partial charge is 0.130 e. The number of aromatic nitrogens is 2. The van der Waals surface area contributed by atoms with Crippen molar-refractivity contribution >= 4 is 12.4 Å². The first-order valence-electron chi connectivity index (χ1n) is 5.14. The van der Waals surface area contributed by atoms with Crippen molar-refractivity contribution in [3.05, 3.63) is 54.1 Å². The Kier molecular flexibility index (Phi) is 4.52. The van der Waals surface area contributed by atoms with Gasteiger partial charge in [-0.15, -0.1) is 12.4 Å². The van der Waals surface area contributed by atoms with Gasteiger partial charge in [0.05, 0.1) is 6.04 Å². The van der Waals surface area contributed by atoms with Crippen molar-refractivity contribution < 1.29 is 0 Å². The van der Waals surface area contributed by atoms with Crippen molar-refractivity contribution in [2.75, 3.05) is 0 Å². The van der Waals surface area contributed by atoms with Crippen molar-refractivity contribution in [3.63, 3.8) is 0 Å². The van der Waals surface area contributed by atoms with E-state index in [4.69, 9.17) is 5.73 Å². The summed E-state index contributed by atoms with van der Waals surface area (Å²) in [5.74, 6) is 0.920. The second-order valence-corrected chi connectivity index (χ2v) is 3.46. The molecule has 3 nitrogen and oxygen atoms in total. The van der Waals surface area contributed by atoms with Crippen molar-refractivity contribution in [3.8, 4) is 0 Å². The number of rotatable bonds is 3. The molecule has 2 N–H and O–H groups in total. The molecule has 1 aromatic heterocycles. The molecular weight excluding hydrogens is 222 g/mol. The van der Waals surface area contributed by atoms with E-state index in [2.05, 4.69) is 16.5 Å². The Morgan fingerprint density at radius 2 is 2.00 bits per heavy atom. The average molecular weight is 238 g/mol. The molecular formula is C12H16ClN3. The van der Waals surface area contributed by atoms with Gasteiger partial charge in [0.1, 0.15) is 5.82 Å². The van der Waals surface area contributed by atoms with Gasteiger partial charge < -0.3 is 10.3 Å². The number of imidazole rings is 1. The van der Waals surface area contributed by atoms with Crippen LogP contribution in [0.1, 0.15) is 24.4 Å². The number of nitrogens with zero attached hydrogens (tertiary/aromatic N) is 2. The lowest BCUT2D eigenvalue weighted by atomic mass is 10.1. The Bertz CT molecular complexity index is 425. The SMILES string of the molecule is CCn1ccnc1C(N)c1ccccc1.Cl. The highest BCUT2D eigenvalue weighted by Gasteiger charge is 2.13. The predicted molar refractivity (Wildman–Crippen MR) is 67.6 cm³/mol. The van der Waals surface area contributed by atoms with Crippen LogP contribution in [0.4, 0.5) is 0 Å². The average Bonchev–Trinajstić information content (AvgIpc) is 2.77. The third kappa shape index (κ3) is 2.43. The molecule has 0 fully saturated rings. The molecule has 1 unspecified atom stereocenters. The molecule has 0 saturated carbocycles. The van der Waals surface area contributed by atoms with Gasteiger partial charge in [0.2, 0.25) is 0 Å². The predicted octanol–water partition coefficient (Wildman–Crippen LogP) is 2.37. The van der Waals surface area contributed by atoms with Crippen molar-refractivity contribution in [1.29, 1.82) is 0 Å². The molecule has 0 radical (unpaired) electrons. The number of benzene rings is 1. The highest BCUT2D eigenvalue weighted by molar-refractivity contribution is 5.85. The Morgan fingerprint density at radius 1 is 1.31 bits per heavy atom. The van der Waals surface area contributed by atoms with E-state index in [-0.39, 0.29) is 18.4 Å². The molecule has 0 amide bonds. The normalized spacial score (nSPS) is 11.9. The van der Waals surface area contributed by atoms with Crippen LogP contribution < -0.4 is 5.73 Å². The van der Waals surface area contributed by atoms with Gasteiger partial charge >= 0.3 is 0 Å². The van der Waals surface area contributed by atoms with E-state index in [1.54, 1.807) is 6.20 Å². The van der Waals surface area contributed by atoms with Crippen LogP contribution >= 0.6 is 12.4 Å². The molecule has 1 heterocycles. The third-order valence-electron chi connectivity index (χ3n) is 2.53. The molecule has 0 bridgehead atoms. The van der Waals surface area contributed by atoms with Crippen LogP contribution in [0, 0.1) is 0 Å². The standard InChI is InChI=1S/C12H15N3.ClH/c1-2-15-9-8-14-12(15)11(13)10-6-4-3-5-7-10;/h3-9,11H,2,13H2,1H3;1H. The molecule has 1 aromatic carbocycles. The Hall–Kier alpha value is -1.32. The van der Waals surface area contributed by atoms with Crippen LogP contribution in [0.3, 0.4) is 0 Å². The van der Waals surface area contributed by atoms with E-state index in [1.807, 2.05) is 36.5 Å². The molecule has 16 heavy (non-hydrogen) atoms. The van der Waals surface area contributed by atoms with Gasteiger partial charge in [0.15, 0.2) is 0 Å². The molecule has 0 aliphatic heterocycles. The minimum Gasteiger partial charge on any atom is -0.334 e. The van der Waals surface area contributed by atoms with Crippen LogP contribution in [-0.2, 0) is 6.54 Å². The fourth-order valence-corrected chi connectivity index (χ4v) is 1.68. The second kappa shape index (κ2) is 5.68. The summed E-state index contributed by atoms with van der Waals surface area (Å²) < 4.78 is 2.07. The third-order valence-corrected chi connectivity index (χ3v) is 2.53. The summed E-state index contributed by atoms with van der Waals surface area (Å²) in [4.78, 5) is 4.30. The van der Waals surface area contributed by atoms with Gasteiger partial charge in [-0.05, 0) is 12.5 Å². The lowest BCUT2D eigenvalue weighted by molar-refractivity contribution is 0.656. The number of aryl methyl sites for hydroxylation is 1. The Balaban J connectivity index is 0.00000128. The zero-order valence-corrected chi connectivity index (χ0v) is 10.0. The lowest BCUT2D eigenvalue weighted by Crippen LogP contribution is -2.17. The summed E-state index contributed by atoms with van der Waals surface area (Å²) in [7, 11) is 0. The number of nitrogens with two attached hydrogens (primary N) is 1. The van der Waals surface area contributed by atoms with Crippen LogP contribution in [-0.4, -0.2) is 9.55 Å². The maximum Gasteiger partial charge on any atom is 0.130 e. The van der Waals surface area contributed by atoms with Crippen LogP contribution in [0.5, 0.6) is 0 Å². The quantitative estimate of drug-likeness (QED) is 0.891. The Morgan fingerprint density at radius 3 is 2.62 bits per heavy atom. The molecule has 4 heteroatoms. The highest BCUT2D eigenvalue weighted by Crippen LogP contribution is 2.17. The topological polar surface area (TPSA) is 43.8 Å². The first kappa shape index (κ1) is 12.7. The number of hydrogen-bond donors (Lipinski definition) is 1. The van der Waals surface area contributed by atoms with E-state index in [9.17, 15) is 0 Å². The summed E-state index contributed by atoms with van der Waals surface area (Å²) in [5.41, 5.74) is 7.25. The molecule has 0 aliphatic rings. The Labute approximate surface area is 102 Å². The molecule has 0 aliphatic carbocycles. The summed E-state index contributed by atoms with van der Waals surface area (Å²) in [6.45, 7) is 2.98. The van der Waals surface area contributed by atoms with Crippen molar-refractivity contribution in [2.24, 2.45) is 5.73 Å². The van der Waals surface area contributed by atoms with Crippen molar-refractivity contribution in [1.82, 2.24) is 9.55 Å². The minimum absolute atomic E-state index is 0. The number of hydrogen-bond acceptors (Lipinski definition) is 2. The molecule has 2 aromatic rings. The first-order valence-corrected chi connectivity index (χ1v) is 5.14. The zero-order valence-electron chi connectivity index (χ0n) is 9.21. The molecule has 0 saturated heterocycles. The fraction of sp³-hybridized carbons (Fsp3) is 0.250. The van der Waals surface area contributed by atoms with Gasteiger partial charge in [-0.1, -0.05) is 30.3 Å². The molecule has 86 valence electrons. The largest absolute Gasteiger partial charge is 0.334 e. The summed E-state index contributed by atoms with van der Waals surface area (Å²) in [6, 6.07) is 9.89. The van der Waals surface area contributed by atoms with Crippen LogP contribution in [0.2, 0.25) is 0 Å².